The van der Waals surface area contributed by atoms with Gasteiger partial charge in [0, 0.05) is 13.1 Å². The number of hydrogen-bond acceptors (Lipinski definition) is 5. The lowest BCUT2D eigenvalue weighted by molar-refractivity contribution is -0.143. The highest BCUT2D eigenvalue weighted by atomic mass is 16.6. The van der Waals surface area contributed by atoms with E-state index in [2.05, 4.69) is 17.6 Å². The van der Waals surface area contributed by atoms with Gasteiger partial charge in [0.05, 0.1) is 6.42 Å². The lowest BCUT2D eigenvalue weighted by Crippen LogP contribution is -2.54. The molecule has 4 N–H and O–H groups in total. The van der Waals surface area contributed by atoms with Gasteiger partial charge >= 0.3 is 6.09 Å². The fraction of sp³-hybridized carbons (Fsp3) is 0.500. The SMILES string of the molecule is CCCCCCN(C(=O)C(CC(N)=O)NC(=O)OC(C)(C)C)C(C(=O)NCc1ccccc1)c1c(C)cccc1C. The van der Waals surface area contributed by atoms with Crippen LogP contribution < -0.4 is 16.4 Å². The van der Waals surface area contributed by atoms with Crippen LogP contribution in [-0.2, 0) is 25.7 Å². The highest BCUT2D eigenvalue weighted by Gasteiger charge is 2.38. The molecule has 2 aromatic carbocycles. The van der Waals surface area contributed by atoms with Crippen molar-refractivity contribution in [2.45, 2.75) is 97.9 Å². The van der Waals surface area contributed by atoms with E-state index in [-0.39, 0.29) is 19.0 Å². The van der Waals surface area contributed by atoms with Crippen molar-refractivity contribution >= 4 is 23.8 Å². The Labute approximate surface area is 244 Å². The minimum Gasteiger partial charge on any atom is -0.444 e. The molecule has 0 saturated carbocycles. The van der Waals surface area contributed by atoms with Crippen LogP contribution >= 0.6 is 0 Å². The number of ether oxygens (including phenoxy) is 1. The molecule has 0 bridgehead atoms. The van der Waals surface area contributed by atoms with Crippen molar-refractivity contribution in [3.63, 3.8) is 0 Å². The summed E-state index contributed by atoms with van der Waals surface area (Å²) in [6.07, 6.45) is 2.18. The average molecular weight is 567 g/mol. The van der Waals surface area contributed by atoms with Gasteiger partial charge in [-0.1, -0.05) is 74.7 Å². The van der Waals surface area contributed by atoms with Gasteiger partial charge in [-0.25, -0.2) is 4.79 Å². The first-order valence-electron chi connectivity index (χ1n) is 14.3. The molecule has 0 radical (unpaired) electrons. The van der Waals surface area contributed by atoms with E-state index in [9.17, 15) is 19.2 Å². The lowest BCUT2D eigenvalue weighted by atomic mass is 9.93. The number of carbonyl (C=O) groups is 4. The number of amides is 4. The second kappa shape index (κ2) is 15.8. The summed E-state index contributed by atoms with van der Waals surface area (Å²) in [5.74, 6) is -1.69. The zero-order valence-corrected chi connectivity index (χ0v) is 25.3. The maximum Gasteiger partial charge on any atom is 0.408 e. The van der Waals surface area contributed by atoms with Crippen LogP contribution in [0.15, 0.2) is 48.5 Å². The van der Waals surface area contributed by atoms with E-state index in [1.54, 1.807) is 20.8 Å². The van der Waals surface area contributed by atoms with Crippen LogP contribution in [0.25, 0.3) is 0 Å². The Morgan fingerprint density at radius 1 is 0.927 bits per heavy atom. The van der Waals surface area contributed by atoms with E-state index in [0.717, 1.165) is 36.0 Å². The molecule has 0 heterocycles. The van der Waals surface area contributed by atoms with E-state index in [0.29, 0.717) is 12.0 Å². The second-order valence-electron chi connectivity index (χ2n) is 11.4. The smallest absolute Gasteiger partial charge is 0.408 e. The maximum absolute atomic E-state index is 14.2. The van der Waals surface area contributed by atoms with Crippen LogP contribution in [0.5, 0.6) is 0 Å². The normalized spacial score (nSPS) is 12.6. The number of unbranched alkanes of at least 4 members (excludes halogenated alkanes) is 3. The number of benzene rings is 2. The minimum absolute atomic E-state index is 0.251. The zero-order chi connectivity index (χ0) is 30.6. The summed E-state index contributed by atoms with van der Waals surface area (Å²) in [7, 11) is 0. The van der Waals surface area contributed by atoms with E-state index in [1.165, 1.54) is 4.90 Å². The van der Waals surface area contributed by atoms with Crippen LogP contribution in [0, 0.1) is 13.8 Å². The highest BCUT2D eigenvalue weighted by Crippen LogP contribution is 2.29. The van der Waals surface area contributed by atoms with Crippen LogP contribution in [0.2, 0.25) is 0 Å². The standard InChI is InChI=1S/C32H46N4O5/c1-7-8-9-13-19-36(30(39)25(20-26(33)37)35-31(40)41-32(4,5)6)28(27-22(2)15-14-16-23(27)3)29(38)34-21-24-17-11-10-12-18-24/h10-12,14-18,25,28H,7-9,13,19-21H2,1-6H3,(H2,33,37)(H,34,38)(H,35,40). The number of carbonyl (C=O) groups excluding carboxylic acids is 4. The number of hydrogen-bond donors (Lipinski definition) is 3. The predicted molar refractivity (Wildman–Crippen MR) is 160 cm³/mol. The van der Waals surface area contributed by atoms with Crippen molar-refractivity contribution in [3.05, 3.63) is 70.8 Å². The molecule has 0 spiro atoms. The van der Waals surface area contributed by atoms with Crippen LogP contribution in [0.3, 0.4) is 0 Å². The predicted octanol–water partition coefficient (Wildman–Crippen LogP) is 4.84. The number of rotatable bonds is 14. The van der Waals surface area contributed by atoms with E-state index >= 15 is 0 Å². The molecule has 0 saturated heterocycles. The lowest BCUT2D eigenvalue weighted by Gasteiger charge is -2.35. The molecule has 224 valence electrons. The van der Waals surface area contributed by atoms with Gasteiger partial charge in [-0.3, -0.25) is 14.4 Å². The Kier molecular flexibility index (Phi) is 12.8. The van der Waals surface area contributed by atoms with E-state index in [4.69, 9.17) is 10.5 Å². The van der Waals surface area contributed by atoms with Crippen molar-refractivity contribution < 1.29 is 23.9 Å². The molecule has 2 aromatic rings. The molecule has 2 unspecified atom stereocenters. The van der Waals surface area contributed by atoms with Gasteiger partial charge in [0.1, 0.15) is 17.7 Å². The fourth-order valence-electron chi connectivity index (χ4n) is 4.70. The molecular weight excluding hydrogens is 520 g/mol. The van der Waals surface area contributed by atoms with Gasteiger partial charge in [-0.05, 0) is 63.3 Å². The van der Waals surface area contributed by atoms with Crippen molar-refractivity contribution in [1.82, 2.24) is 15.5 Å². The monoisotopic (exact) mass is 566 g/mol. The Morgan fingerprint density at radius 3 is 2.12 bits per heavy atom. The molecule has 0 aliphatic heterocycles. The van der Waals surface area contributed by atoms with Gasteiger partial charge in [0.2, 0.25) is 17.7 Å². The topological polar surface area (TPSA) is 131 Å². The van der Waals surface area contributed by atoms with Gasteiger partial charge in [-0.2, -0.15) is 0 Å². The summed E-state index contributed by atoms with van der Waals surface area (Å²) in [5.41, 5.74) is 8.01. The first-order valence-corrected chi connectivity index (χ1v) is 14.3. The molecular formula is C32H46N4O5. The van der Waals surface area contributed by atoms with E-state index in [1.807, 2.05) is 62.4 Å². The number of nitrogens with zero attached hydrogens (tertiary/aromatic N) is 1. The maximum atomic E-state index is 14.2. The first kappa shape index (κ1) is 33.3. The Bertz CT molecular complexity index is 1160. The molecule has 9 nitrogen and oxygen atoms in total. The Hall–Kier alpha value is -3.88. The van der Waals surface area contributed by atoms with Gasteiger partial charge in [-0.15, -0.1) is 0 Å². The van der Waals surface area contributed by atoms with Crippen molar-refractivity contribution in [1.29, 1.82) is 0 Å². The Balaban J connectivity index is 2.55. The van der Waals surface area contributed by atoms with Crippen LogP contribution in [0.4, 0.5) is 4.79 Å². The molecule has 9 heteroatoms. The minimum atomic E-state index is -1.30. The second-order valence-corrected chi connectivity index (χ2v) is 11.4. The average Bonchev–Trinajstić information content (AvgIpc) is 2.88. The summed E-state index contributed by atoms with van der Waals surface area (Å²) in [5, 5.41) is 5.54. The fourth-order valence-corrected chi connectivity index (χ4v) is 4.70. The molecule has 4 amide bonds. The summed E-state index contributed by atoms with van der Waals surface area (Å²) >= 11 is 0. The largest absolute Gasteiger partial charge is 0.444 e. The number of nitrogens with two attached hydrogens (primary N) is 1. The summed E-state index contributed by atoms with van der Waals surface area (Å²) in [6, 6.07) is 12.9. The van der Waals surface area contributed by atoms with Crippen molar-refractivity contribution in [2.24, 2.45) is 5.73 Å². The third-order valence-corrected chi connectivity index (χ3v) is 6.62. The summed E-state index contributed by atoms with van der Waals surface area (Å²) in [6.45, 7) is 11.5. The summed E-state index contributed by atoms with van der Waals surface area (Å²) < 4.78 is 5.36. The molecule has 0 fully saturated rings. The van der Waals surface area contributed by atoms with Crippen molar-refractivity contribution in [3.8, 4) is 0 Å². The molecule has 0 aromatic heterocycles. The third kappa shape index (κ3) is 10.9. The van der Waals surface area contributed by atoms with E-state index < -0.39 is 42.0 Å². The molecule has 0 aliphatic rings. The van der Waals surface area contributed by atoms with Gasteiger partial charge in [0.25, 0.3) is 0 Å². The first-order chi connectivity index (χ1) is 19.3. The zero-order valence-electron chi connectivity index (χ0n) is 25.3. The quantitative estimate of drug-likeness (QED) is 0.282. The molecule has 41 heavy (non-hydrogen) atoms. The van der Waals surface area contributed by atoms with Gasteiger partial charge in [0.15, 0.2) is 0 Å². The number of aryl methyl sites for hydroxylation is 2. The number of nitrogens with one attached hydrogen (secondary N) is 2. The molecule has 2 atom stereocenters. The molecule has 2 rings (SSSR count). The Morgan fingerprint density at radius 2 is 1.56 bits per heavy atom. The third-order valence-electron chi connectivity index (χ3n) is 6.62. The van der Waals surface area contributed by atoms with Gasteiger partial charge < -0.3 is 26.0 Å². The van der Waals surface area contributed by atoms with Crippen molar-refractivity contribution in [2.75, 3.05) is 6.54 Å². The molecule has 0 aliphatic carbocycles. The number of alkyl carbamates (subject to hydrolysis) is 1. The number of primary amides is 1. The van der Waals surface area contributed by atoms with Crippen LogP contribution in [-0.4, -0.2) is 46.9 Å². The van der Waals surface area contributed by atoms with Crippen LogP contribution in [0.1, 0.15) is 88.1 Å². The summed E-state index contributed by atoms with van der Waals surface area (Å²) in [4.78, 5) is 54.4. The highest BCUT2D eigenvalue weighted by molar-refractivity contribution is 5.94.